The van der Waals surface area contributed by atoms with Crippen LogP contribution in [0.5, 0.6) is 0 Å². The van der Waals surface area contributed by atoms with Crippen molar-refractivity contribution in [2.45, 2.75) is 25.1 Å². The number of nitrogens with zero attached hydrogens (tertiary/aromatic N) is 4. The van der Waals surface area contributed by atoms with Crippen molar-refractivity contribution < 1.29 is 8.42 Å². The van der Waals surface area contributed by atoms with E-state index in [1.165, 1.54) is 0 Å². The molecule has 1 aromatic heterocycles. The van der Waals surface area contributed by atoms with Gasteiger partial charge < -0.3 is 15.1 Å². The molecule has 1 aromatic rings. The highest BCUT2D eigenvalue weighted by molar-refractivity contribution is 7.92. The molecule has 1 aliphatic heterocycles. The topological polar surface area (TPSA) is 77.9 Å². The Bertz CT molecular complexity index is 713. The molecule has 8 heteroatoms. The Morgan fingerprint density at radius 2 is 2.17 bits per heavy atom. The van der Waals surface area contributed by atoms with Gasteiger partial charge in [-0.2, -0.15) is 0 Å². The SMILES string of the molecule is CN=C(NCc1ccnc(N(C)C)c1)N1CCS(=O)(=O)C(C)(C)C1. The smallest absolute Gasteiger partial charge is 0.193 e. The molecular weight excluding hydrogens is 326 g/mol. The van der Waals surface area contributed by atoms with E-state index in [0.29, 0.717) is 19.6 Å². The lowest BCUT2D eigenvalue weighted by Gasteiger charge is -2.39. The van der Waals surface area contributed by atoms with Crippen molar-refractivity contribution in [1.29, 1.82) is 0 Å². The van der Waals surface area contributed by atoms with E-state index in [9.17, 15) is 8.42 Å². The van der Waals surface area contributed by atoms with E-state index in [1.807, 2.05) is 36.0 Å². The third-order valence-corrected chi connectivity index (χ3v) is 6.81. The molecule has 1 saturated heterocycles. The molecule has 0 radical (unpaired) electrons. The normalized spacial score (nSPS) is 19.9. The van der Waals surface area contributed by atoms with Crippen molar-refractivity contribution in [2.24, 2.45) is 4.99 Å². The van der Waals surface area contributed by atoms with Crippen molar-refractivity contribution in [3.63, 3.8) is 0 Å². The minimum Gasteiger partial charge on any atom is -0.363 e. The highest BCUT2D eigenvalue weighted by Crippen LogP contribution is 2.23. The first-order valence-corrected chi connectivity index (χ1v) is 9.62. The first-order chi connectivity index (χ1) is 11.2. The molecule has 2 rings (SSSR count). The quantitative estimate of drug-likeness (QED) is 0.638. The zero-order valence-corrected chi connectivity index (χ0v) is 15.9. The zero-order chi connectivity index (χ0) is 18.0. The number of guanidine groups is 1. The summed E-state index contributed by atoms with van der Waals surface area (Å²) in [5, 5.41) is 3.32. The van der Waals surface area contributed by atoms with E-state index in [0.717, 1.165) is 17.3 Å². The molecule has 0 aliphatic carbocycles. The van der Waals surface area contributed by atoms with E-state index in [2.05, 4.69) is 15.3 Å². The summed E-state index contributed by atoms with van der Waals surface area (Å²) in [5.41, 5.74) is 1.10. The molecule has 0 spiro atoms. The summed E-state index contributed by atoms with van der Waals surface area (Å²) in [6.45, 7) is 5.06. The Balaban J connectivity index is 2.05. The summed E-state index contributed by atoms with van der Waals surface area (Å²) in [7, 11) is 2.57. The maximum absolute atomic E-state index is 12.1. The van der Waals surface area contributed by atoms with Gasteiger partial charge in [-0.3, -0.25) is 4.99 Å². The minimum absolute atomic E-state index is 0.154. The lowest BCUT2D eigenvalue weighted by atomic mass is 10.2. The number of hydrogen-bond acceptors (Lipinski definition) is 5. The minimum atomic E-state index is -3.06. The molecule has 0 atom stereocenters. The molecule has 1 N–H and O–H groups in total. The summed E-state index contributed by atoms with van der Waals surface area (Å²) >= 11 is 0. The van der Waals surface area contributed by atoms with Crippen LogP contribution < -0.4 is 10.2 Å². The summed E-state index contributed by atoms with van der Waals surface area (Å²) in [6, 6.07) is 3.97. The van der Waals surface area contributed by atoms with Crippen molar-refractivity contribution in [3.8, 4) is 0 Å². The third kappa shape index (κ3) is 3.98. The van der Waals surface area contributed by atoms with Crippen LogP contribution in [0.25, 0.3) is 0 Å². The number of aliphatic imine (C=N–C) groups is 1. The molecule has 0 amide bonds. The van der Waals surface area contributed by atoms with Crippen LogP contribution >= 0.6 is 0 Å². The molecule has 134 valence electrons. The Kier molecular flexibility index (Phi) is 5.37. The van der Waals surface area contributed by atoms with Crippen molar-refractivity contribution in [1.82, 2.24) is 15.2 Å². The van der Waals surface area contributed by atoms with Gasteiger partial charge in [0.25, 0.3) is 0 Å². The van der Waals surface area contributed by atoms with E-state index >= 15 is 0 Å². The lowest BCUT2D eigenvalue weighted by Crippen LogP contribution is -2.57. The second-order valence-corrected chi connectivity index (χ2v) is 9.56. The van der Waals surface area contributed by atoms with Crippen LogP contribution in [0.1, 0.15) is 19.4 Å². The molecule has 0 unspecified atom stereocenters. The zero-order valence-electron chi connectivity index (χ0n) is 15.1. The van der Waals surface area contributed by atoms with Gasteiger partial charge in [0.05, 0.1) is 10.5 Å². The first kappa shape index (κ1) is 18.5. The Morgan fingerprint density at radius 1 is 1.46 bits per heavy atom. The van der Waals surface area contributed by atoms with Crippen LogP contribution in [-0.2, 0) is 16.4 Å². The maximum Gasteiger partial charge on any atom is 0.193 e. The fourth-order valence-electron chi connectivity index (χ4n) is 2.65. The lowest BCUT2D eigenvalue weighted by molar-refractivity contribution is 0.353. The second-order valence-electron chi connectivity index (χ2n) is 6.82. The van der Waals surface area contributed by atoms with Gasteiger partial charge >= 0.3 is 0 Å². The fourth-order valence-corrected chi connectivity index (χ4v) is 4.02. The van der Waals surface area contributed by atoms with E-state index in [1.54, 1.807) is 27.1 Å². The average Bonchev–Trinajstić information content (AvgIpc) is 2.51. The third-order valence-electron chi connectivity index (χ3n) is 4.27. The molecule has 1 fully saturated rings. The number of aromatic nitrogens is 1. The molecule has 7 nitrogen and oxygen atoms in total. The predicted molar refractivity (Wildman–Crippen MR) is 98.2 cm³/mol. The fraction of sp³-hybridized carbons (Fsp3) is 0.625. The molecule has 0 bridgehead atoms. The number of hydrogen-bond donors (Lipinski definition) is 1. The second kappa shape index (κ2) is 6.96. The van der Waals surface area contributed by atoms with Crippen LogP contribution in [-0.4, -0.2) is 69.0 Å². The number of sulfone groups is 1. The van der Waals surface area contributed by atoms with Gasteiger partial charge in [-0.05, 0) is 31.5 Å². The van der Waals surface area contributed by atoms with Gasteiger partial charge in [0.2, 0.25) is 0 Å². The Hall–Kier alpha value is -1.83. The van der Waals surface area contributed by atoms with Crippen LogP contribution in [0.2, 0.25) is 0 Å². The van der Waals surface area contributed by atoms with Crippen LogP contribution in [0, 0.1) is 0 Å². The Labute approximate surface area is 144 Å². The van der Waals surface area contributed by atoms with Crippen molar-refractivity contribution in [2.75, 3.05) is 44.9 Å². The van der Waals surface area contributed by atoms with Gasteiger partial charge in [0, 0.05) is 47.0 Å². The van der Waals surface area contributed by atoms with Gasteiger partial charge in [-0.25, -0.2) is 13.4 Å². The van der Waals surface area contributed by atoms with Crippen LogP contribution in [0.15, 0.2) is 23.3 Å². The molecule has 2 heterocycles. The monoisotopic (exact) mass is 353 g/mol. The van der Waals surface area contributed by atoms with Gasteiger partial charge in [0.15, 0.2) is 15.8 Å². The van der Waals surface area contributed by atoms with E-state index in [-0.39, 0.29) is 5.75 Å². The van der Waals surface area contributed by atoms with Gasteiger partial charge in [-0.15, -0.1) is 0 Å². The number of nitrogens with one attached hydrogen (secondary N) is 1. The van der Waals surface area contributed by atoms with Gasteiger partial charge in [0.1, 0.15) is 5.82 Å². The molecule has 0 saturated carbocycles. The standard InChI is InChI=1S/C16H27N5O2S/c1-16(2)12-21(8-9-24(16,22)23)15(17-3)19-11-13-6-7-18-14(10-13)20(4)5/h6-7,10H,8-9,11-12H2,1-5H3,(H,17,19). The highest BCUT2D eigenvalue weighted by Gasteiger charge is 2.40. The number of rotatable bonds is 3. The molecular formula is C16H27N5O2S. The summed E-state index contributed by atoms with van der Waals surface area (Å²) in [4.78, 5) is 12.6. The largest absolute Gasteiger partial charge is 0.363 e. The molecule has 1 aliphatic rings. The van der Waals surface area contributed by atoms with E-state index < -0.39 is 14.6 Å². The summed E-state index contributed by atoms with van der Waals surface area (Å²) in [5.74, 6) is 1.77. The summed E-state index contributed by atoms with van der Waals surface area (Å²) < 4.78 is 23.5. The van der Waals surface area contributed by atoms with E-state index in [4.69, 9.17) is 0 Å². The van der Waals surface area contributed by atoms with Crippen molar-refractivity contribution in [3.05, 3.63) is 23.9 Å². The molecule has 0 aromatic carbocycles. The van der Waals surface area contributed by atoms with Crippen LogP contribution in [0.4, 0.5) is 5.82 Å². The molecule has 24 heavy (non-hydrogen) atoms. The van der Waals surface area contributed by atoms with Crippen molar-refractivity contribution >= 4 is 21.6 Å². The first-order valence-electron chi connectivity index (χ1n) is 7.96. The van der Waals surface area contributed by atoms with Gasteiger partial charge in [-0.1, -0.05) is 0 Å². The summed E-state index contributed by atoms with van der Waals surface area (Å²) in [6.07, 6.45) is 1.78. The maximum atomic E-state index is 12.1. The average molecular weight is 353 g/mol. The number of anilines is 1. The van der Waals surface area contributed by atoms with Crippen LogP contribution in [0.3, 0.4) is 0 Å². The number of pyridine rings is 1. The highest BCUT2D eigenvalue weighted by atomic mass is 32.2. The Morgan fingerprint density at radius 3 is 2.75 bits per heavy atom. The predicted octanol–water partition coefficient (Wildman–Crippen LogP) is 0.732.